The molecule has 0 saturated carbocycles. The Kier molecular flexibility index (Phi) is 0.830. The van der Waals surface area contributed by atoms with Gasteiger partial charge in [-0.3, -0.25) is 0 Å². The van der Waals surface area contributed by atoms with Crippen molar-refractivity contribution in [3.05, 3.63) is 0 Å². The van der Waals surface area contributed by atoms with Crippen molar-refractivity contribution in [3.8, 4) is 0 Å². The van der Waals surface area contributed by atoms with Gasteiger partial charge in [-0.05, 0) is 0 Å². The second kappa shape index (κ2) is 1.19. The summed E-state index contributed by atoms with van der Waals surface area (Å²) >= 11 is 4.06. The largest absolute Gasteiger partial charge is 0.379 e. The quantitative estimate of drug-likeness (QED) is 0.421. The Morgan fingerprint density at radius 2 is 2.00 bits per heavy atom. The zero-order valence-electron chi connectivity index (χ0n) is 2.85. The van der Waals surface area contributed by atoms with E-state index in [4.69, 9.17) is 4.74 Å². The fourth-order valence-electron chi connectivity index (χ4n) is 0.223. The van der Waals surface area contributed by atoms with E-state index in [1.807, 2.05) is 0 Å². The summed E-state index contributed by atoms with van der Waals surface area (Å²) in [4.78, 5) is 0. The number of rotatable bonds is 0. The minimum absolute atomic E-state index is 0.537. The van der Waals surface area contributed by atoms with E-state index in [2.05, 4.69) is 12.6 Å². The normalized spacial score (nSPS) is 25.8. The van der Waals surface area contributed by atoms with Crippen molar-refractivity contribution in [2.45, 2.75) is 5.25 Å². The number of hydrogen-bond acceptors (Lipinski definition) is 2. The molecule has 1 heterocycles. The van der Waals surface area contributed by atoms with Crippen LogP contribution in [0.5, 0.6) is 0 Å². The van der Waals surface area contributed by atoms with Gasteiger partial charge in [-0.1, -0.05) is 0 Å². The lowest BCUT2D eigenvalue weighted by Gasteiger charge is -2.19. The first kappa shape index (κ1) is 3.50. The van der Waals surface area contributed by atoms with Gasteiger partial charge in [0.05, 0.1) is 13.2 Å². The van der Waals surface area contributed by atoms with Gasteiger partial charge in [-0.2, -0.15) is 12.6 Å². The zero-order chi connectivity index (χ0) is 3.70. The zero-order valence-corrected chi connectivity index (χ0v) is 3.74. The molecule has 1 aliphatic rings. The van der Waals surface area contributed by atoms with Crippen molar-refractivity contribution in [1.82, 2.24) is 0 Å². The molecule has 1 aliphatic heterocycles. The van der Waals surface area contributed by atoms with Crippen LogP contribution in [0.2, 0.25) is 0 Å². The predicted octanol–water partition coefficient (Wildman–Crippen LogP) is 0.315. The molecule has 0 aromatic rings. The highest BCUT2D eigenvalue weighted by Crippen LogP contribution is 2.05. The average molecular weight is 90.1 g/mol. The topological polar surface area (TPSA) is 9.23 Å². The fraction of sp³-hybridized carbons (Fsp3) is 1.00. The Hall–Kier alpha value is 0.310. The van der Waals surface area contributed by atoms with E-state index in [9.17, 15) is 0 Å². The van der Waals surface area contributed by atoms with Crippen LogP contribution in [0.3, 0.4) is 0 Å². The molecule has 30 valence electrons. The first-order chi connectivity index (χ1) is 2.39. The van der Waals surface area contributed by atoms with Gasteiger partial charge in [0.25, 0.3) is 0 Å². The van der Waals surface area contributed by atoms with E-state index in [0.717, 1.165) is 13.2 Å². The molecule has 0 aliphatic carbocycles. The minimum atomic E-state index is 0.537. The fourth-order valence-corrected chi connectivity index (χ4v) is 0.434. The summed E-state index contributed by atoms with van der Waals surface area (Å²) in [6, 6.07) is 0. The molecule has 0 N–H and O–H groups in total. The summed E-state index contributed by atoms with van der Waals surface area (Å²) in [7, 11) is 0. The third kappa shape index (κ3) is 0.578. The van der Waals surface area contributed by atoms with Crippen LogP contribution in [-0.2, 0) is 4.74 Å². The molecule has 1 fully saturated rings. The molecule has 0 spiro atoms. The summed E-state index contributed by atoms with van der Waals surface area (Å²) in [6.07, 6.45) is 0. The molecule has 2 heteroatoms. The van der Waals surface area contributed by atoms with Gasteiger partial charge in [-0.15, -0.1) is 0 Å². The molecule has 0 unspecified atom stereocenters. The van der Waals surface area contributed by atoms with Crippen molar-refractivity contribution in [2.24, 2.45) is 0 Å². The van der Waals surface area contributed by atoms with Crippen molar-refractivity contribution in [2.75, 3.05) is 13.2 Å². The highest BCUT2D eigenvalue weighted by molar-refractivity contribution is 7.81. The molecule has 0 atom stereocenters. The van der Waals surface area contributed by atoms with Gasteiger partial charge < -0.3 is 4.74 Å². The molecule has 0 aromatic carbocycles. The van der Waals surface area contributed by atoms with Gasteiger partial charge in [-0.25, -0.2) is 0 Å². The van der Waals surface area contributed by atoms with Crippen LogP contribution < -0.4 is 0 Å². The van der Waals surface area contributed by atoms with Gasteiger partial charge in [0.15, 0.2) is 0 Å². The van der Waals surface area contributed by atoms with E-state index in [1.54, 1.807) is 0 Å². The summed E-state index contributed by atoms with van der Waals surface area (Å²) in [5.41, 5.74) is 0. The van der Waals surface area contributed by atoms with Crippen molar-refractivity contribution in [1.29, 1.82) is 0 Å². The molecular formula is C3H6OS. The maximum absolute atomic E-state index is 4.76. The van der Waals surface area contributed by atoms with E-state index in [0.29, 0.717) is 5.25 Å². The van der Waals surface area contributed by atoms with Crippen LogP contribution in [0, 0.1) is 0 Å². The van der Waals surface area contributed by atoms with Crippen LogP contribution in [0.25, 0.3) is 0 Å². The Morgan fingerprint density at radius 3 is 2.00 bits per heavy atom. The maximum Gasteiger partial charge on any atom is 0.0605 e. The third-order valence-corrected chi connectivity index (χ3v) is 0.919. The molecule has 1 saturated heterocycles. The van der Waals surface area contributed by atoms with Crippen LogP contribution in [0.15, 0.2) is 0 Å². The Morgan fingerprint density at radius 1 is 1.60 bits per heavy atom. The highest BCUT2D eigenvalue weighted by atomic mass is 32.1. The number of thiol groups is 1. The van der Waals surface area contributed by atoms with Gasteiger partial charge in [0, 0.05) is 5.25 Å². The summed E-state index contributed by atoms with van der Waals surface area (Å²) in [5.74, 6) is 0. The van der Waals surface area contributed by atoms with E-state index >= 15 is 0 Å². The third-order valence-electron chi connectivity index (χ3n) is 0.620. The van der Waals surface area contributed by atoms with Crippen molar-refractivity contribution in [3.63, 3.8) is 0 Å². The molecule has 5 heavy (non-hydrogen) atoms. The Bertz CT molecular complexity index is 33.9. The SMILES string of the molecule is SC1COC1. The smallest absolute Gasteiger partial charge is 0.0605 e. The van der Waals surface area contributed by atoms with E-state index in [1.165, 1.54) is 0 Å². The monoisotopic (exact) mass is 90.0 g/mol. The predicted molar refractivity (Wildman–Crippen MR) is 23.6 cm³/mol. The molecular weight excluding hydrogens is 84.1 g/mol. The molecule has 0 aromatic heterocycles. The Balaban J connectivity index is 2.08. The lowest BCUT2D eigenvalue weighted by Crippen LogP contribution is -2.27. The van der Waals surface area contributed by atoms with E-state index in [-0.39, 0.29) is 0 Å². The maximum atomic E-state index is 4.76. The lowest BCUT2D eigenvalue weighted by atomic mass is 10.4. The Labute approximate surface area is 36.7 Å². The second-order valence-corrected chi connectivity index (χ2v) is 1.92. The van der Waals surface area contributed by atoms with Crippen molar-refractivity contribution < 1.29 is 4.74 Å². The molecule has 0 radical (unpaired) electrons. The average Bonchev–Trinajstić information content (AvgIpc) is 1.30. The first-order valence-corrected chi connectivity index (χ1v) is 2.17. The number of ether oxygens (including phenoxy) is 1. The van der Waals surface area contributed by atoms with Crippen LogP contribution in [-0.4, -0.2) is 18.5 Å². The lowest BCUT2D eigenvalue weighted by molar-refractivity contribution is 0.0463. The first-order valence-electron chi connectivity index (χ1n) is 1.65. The summed E-state index contributed by atoms with van der Waals surface area (Å²) in [6.45, 7) is 1.70. The van der Waals surface area contributed by atoms with Gasteiger partial charge in [0.2, 0.25) is 0 Å². The van der Waals surface area contributed by atoms with Crippen LogP contribution >= 0.6 is 12.6 Å². The highest BCUT2D eigenvalue weighted by Gasteiger charge is 2.11. The molecule has 1 nitrogen and oxygen atoms in total. The standard InChI is InChI=1S/C3H6OS/c5-3-1-4-2-3/h3,5H,1-2H2. The summed E-state index contributed by atoms with van der Waals surface area (Å²) < 4.78 is 4.76. The van der Waals surface area contributed by atoms with E-state index < -0.39 is 0 Å². The van der Waals surface area contributed by atoms with Crippen LogP contribution in [0.4, 0.5) is 0 Å². The van der Waals surface area contributed by atoms with Crippen molar-refractivity contribution >= 4 is 12.6 Å². The minimum Gasteiger partial charge on any atom is -0.379 e. The van der Waals surface area contributed by atoms with Gasteiger partial charge in [0.1, 0.15) is 0 Å². The molecule has 0 bridgehead atoms. The molecule has 1 rings (SSSR count). The van der Waals surface area contributed by atoms with Gasteiger partial charge >= 0.3 is 0 Å². The molecule has 0 amide bonds. The van der Waals surface area contributed by atoms with Crippen LogP contribution in [0.1, 0.15) is 0 Å². The second-order valence-electron chi connectivity index (χ2n) is 1.19. The number of hydrogen-bond donors (Lipinski definition) is 1. The summed E-state index contributed by atoms with van der Waals surface area (Å²) in [5, 5.41) is 0.537.